The fourth-order valence-electron chi connectivity index (χ4n) is 1.98. The number of hydrogen-bond donors (Lipinski definition) is 8. The lowest BCUT2D eigenvalue weighted by Gasteiger charge is -2.23. The Hall–Kier alpha value is -2.87. The largest absolute Gasteiger partial charge is 0.481 e. The normalized spacial score (nSPS) is 13.4. The van der Waals surface area contributed by atoms with E-state index in [4.69, 9.17) is 21.1 Å². The van der Waals surface area contributed by atoms with Crippen molar-refractivity contribution >= 4 is 48.3 Å². The van der Waals surface area contributed by atoms with Crippen molar-refractivity contribution in [2.45, 2.75) is 43.8 Å². The van der Waals surface area contributed by atoms with Gasteiger partial charge in [0.1, 0.15) is 18.6 Å². The van der Waals surface area contributed by atoms with Crippen molar-refractivity contribution < 1.29 is 44.1 Å². The van der Waals surface area contributed by atoms with Crippen molar-refractivity contribution in [3.8, 4) is 0 Å². The van der Waals surface area contributed by atoms with Gasteiger partial charge in [-0.25, -0.2) is 0 Å². The van der Waals surface area contributed by atoms with Crippen LogP contribution in [0.2, 0.25) is 0 Å². The highest BCUT2D eigenvalue weighted by atomic mass is 32.1. The standard InChI is InChI=1S/C15H24N4O9S/c16-7(1-3-10(20)21)13(26)18-8(2-4-11(22)23)15(28)19-9(6-29)14(27)17-5-12(24)25/h7-9,29H,1-6,16H2,(H,17,27)(H,18,26)(H,19,28)(H,20,21)(H,22,23)(H,24,25). The van der Waals surface area contributed by atoms with Crippen molar-refractivity contribution in [3.63, 3.8) is 0 Å². The number of hydrogen-bond acceptors (Lipinski definition) is 8. The zero-order valence-corrected chi connectivity index (χ0v) is 16.2. The van der Waals surface area contributed by atoms with Crippen molar-refractivity contribution in [1.29, 1.82) is 0 Å². The van der Waals surface area contributed by atoms with Gasteiger partial charge in [0, 0.05) is 18.6 Å². The summed E-state index contributed by atoms with van der Waals surface area (Å²) < 4.78 is 0. The highest BCUT2D eigenvalue weighted by molar-refractivity contribution is 7.80. The summed E-state index contributed by atoms with van der Waals surface area (Å²) in [5.74, 6) is -6.52. The molecular weight excluding hydrogens is 412 g/mol. The molecule has 0 aromatic carbocycles. The SMILES string of the molecule is NC(CCC(=O)O)C(=O)NC(CCC(=O)O)C(=O)NC(CS)C(=O)NCC(=O)O. The Labute approximate surface area is 170 Å². The number of rotatable bonds is 14. The van der Waals surface area contributed by atoms with Crippen molar-refractivity contribution in [2.24, 2.45) is 5.73 Å². The molecular formula is C15H24N4O9S. The topological polar surface area (TPSA) is 225 Å². The third-order valence-corrected chi connectivity index (χ3v) is 3.88. The van der Waals surface area contributed by atoms with Gasteiger partial charge >= 0.3 is 17.9 Å². The van der Waals surface area contributed by atoms with Crippen molar-refractivity contribution in [2.75, 3.05) is 12.3 Å². The second kappa shape index (κ2) is 13.3. The molecule has 3 atom stereocenters. The summed E-state index contributed by atoms with van der Waals surface area (Å²) in [5.41, 5.74) is 5.56. The molecule has 3 unspecified atom stereocenters. The molecule has 0 heterocycles. The number of nitrogens with two attached hydrogens (primary N) is 1. The predicted octanol–water partition coefficient (Wildman–Crippen LogP) is -2.86. The van der Waals surface area contributed by atoms with Gasteiger partial charge in [0.2, 0.25) is 17.7 Å². The summed E-state index contributed by atoms with van der Waals surface area (Å²) in [6.07, 6.45) is -1.40. The molecule has 0 aromatic rings. The maximum atomic E-state index is 12.4. The summed E-state index contributed by atoms with van der Waals surface area (Å²) in [6.45, 7) is -0.684. The molecule has 3 amide bonds. The highest BCUT2D eigenvalue weighted by Crippen LogP contribution is 2.03. The first-order valence-corrected chi connectivity index (χ1v) is 9.01. The molecule has 0 aromatic heterocycles. The first-order chi connectivity index (χ1) is 13.5. The van der Waals surface area contributed by atoms with E-state index in [1.165, 1.54) is 0 Å². The zero-order chi connectivity index (χ0) is 22.6. The molecule has 0 fully saturated rings. The summed E-state index contributed by atoms with van der Waals surface area (Å²) in [5, 5.41) is 32.5. The van der Waals surface area contributed by atoms with E-state index in [9.17, 15) is 28.8 Å². The summed E-state index contributed by atoms with van der Waals surface area (Å²) in [7, 11) is 0. The number of thiol groups is 1. The molecule has 0 radical (unpaired) electrons. The first-order valence-electron chi connectivity index (χ1n) is 8.38. The quantitative estimate of drug-likeness (QED) is 0.130. The van der Waals surface area contributed by atoms with Gasteiger partial charge < -0.3 is 37.0 Å². The number of nitrogens with one attached hydrogen (secondary N) is 3. The number of carbonyl (C=O) groups excluding carboxylic acids is 3. The molecule has 0 bridgehead atoms. The molecule has 0 saturated heterocycles. The van der Waals surface area contributed by atoms with Crippen LogP contribution < -0.4 is 21.7 Å². The van der Waals surface area contributed by atoms with Crippen LogP contribution in [-0.4, -0.2) is 81.4 Å². The molecule has 8 N–H and O–H groups in total. The predicted molar refractivity (Wildman–Crippen MR) is 100 cm³/mol. The third kappa shape index (κ3) is 11.5. The number of carboxylic acid groups (broad SMARTS) is 3. The average molecular weight is 436 g/mol. The van der Waals surface area contributed by atoms with E-state index in [0.29, 0.717) is 0 Å². The molecule has 0 spiro atoms. The lowest BCUT2D eigenvalue weighted by atomic mass is 10.1. The molecule has 0 saturated carbocycles. The Morgan fingerprint density at radius 3 is 1.76 bits per heavy atom. The van der Waals surface area contributed by atoms with Crippen molar-refractivity contribution in [3.05, 3.63) is 0 Å². The molecule has 0 aliphatic heterocycles. The van der Waals surface area contributed by atoms with E-state index >= 15 is 0 Å². The number of amides is 3. The zero-order valence-electron chi connectivity index (χ0n) is 15.3. The molecule has 13 nitrogen and oxygen atoms in total. The lowest BCUT2D eigenvalue weighted by Crippen LogP contribution is -2.56. The molecule has 14 heteroatoms. The van der Waals surface area contributed by atoms with Crippen LogP contribution in [0.3, 0.4) is 0 Å². The fraction of sp³-hybridized carbons (Fsp3) is 0.600. The van der Waals surface area contributed by atoms with E-state index in [-0.39, 0.29) is 25.0 Å². The highest BCUT2D eigenvalue weighted by Gasteiger charge is 2.28. The van der Waals surface area contributed by atoms with Gasteiger partial charge in [-0.3, -0.25) is 28.8 Å². The fourth-order valence-corrected chi connectivity index (χ4v) is 2.23. The Morgan fingerprint density at radius 2 is 1.28 bits per heavy atom. The Balaban J connectivity index is 5.07. The molecule has 0 rings (SSSR count). The van der Waals surface area contributed by atoms with Gasteiger partial charge in [-0.2, -0.15) is 12.6 Å². The molecule has 0 aliphatic rings. The monoisotopic (exact) mass is 436 g/mol. The van der Waals surface area contributed by atoms with Gasteiger partial charge in [-0.05, 0) is 12.8 Å². The van der Waals surface area contributed by atoms with Crippen LogP contribution in [-0.2, 0) is 28.8 Å². The summed E-state index contributed by atoms with van der Waals surface area (Å²) in [6, 6.07) is -3.86. The van der Waals surface area contributed by atoms with Crippen LogP contribution in [0.4, 0.5) is 0 Å². The number of carbonyl (C=O) groups is 6. The molecule has 0 aliphatic carbocycles. The first kappa shape index (κ1) is 26.1. The number of aliphatic carboxylic acids is 3. The summed E-state index contributed by atoms with van der Waals surface area (Å²) >= 11 is 3.90. The van der Waals surface area contributed by atoms with E-state index < -0.39 is 66.7 Å². The van der Waals surface area contributed by atoms with Gasteiger partial charge in [0.15, 0.2) is 0 Å². The Kier molecular flexibility index (Phi) is 12.0. The smallest absolute Gasteiger partial charge is 0.322 e. The summed E-state index contributed by atoms with van der Waals surface area (Å²) in [4.78, 5) is 68.2. The van der Waals surface area contributed by atoms with Crippen LogP contribution in [0.15, 0.2) is 0 Å². The lowest BCUT2D eigenvalue weighted by molar-refractivity contribution is -0.139. The Morgan fingerprint density at radius 1 is 0.759 bits per heavy atom. The van der Waals surface area contributed by atoms with Crippen LogP contribution >= 0.6 is 12.6 Å². The second-order valence-electron chi connectivity index (χ2n) is 5.89. The van der Waals surface area contributed by atoms with Gasteiger partial charge in [-0.1, -0.05) is 0 Å². The van der Waals surface area contributed by atoms with Crippen LogP contribution in [0, 0.1) is 0 Å². The van der Waals surface area contributed by atoms with Crippen molar-refractivity contribution in [1.82, 2.24) is 16.0 Å². The van der Waals surface area contributed by atoms with E-state index in [1.807, 2.05) is 0 Å². The minimum absolute atomic E-state index is 0.199. The maximum Gasteiger partial charge on any atom is 0.322 e. The van der Waals surface area contributed by atoms with Gasteiger partial charge in [0.25, 0.3) is 0 Å². The molecule has 29 heavy (non-hydrogen) atoms. The van der Waals surface area contributed by atoms with Gasteiger partial charge in [-0.15, -0.1) is 0 Å². The average Bonchev–Trinajstić information content (AvgIpc) is 2.64. The van der Waals surface area contributed by atoms with Crippen LogP contribution in [0.25, 0.3) is 0 Å². The Bertz CT molecular complexity index is 643. The minimum atomic E-state index is -1.37. The van der Waals surface area contributed by atoms with Crippen LogP contribution in [0.1, 0.15) is 25.7 Å². The minimum Gasteiger partial charge on any atom is -0.481 e. The van der Waals surface area contributed by atoms with Crippen LogP contribution in [0.5, 0.6) is 0 Å². The van der Waals surface area contributed by atoms with E-state index in [2.05, 4.69) is 28.6 Å². The van der Waals surface area contributed by atoms with Gasteiger partial charge in [0.05, 0.1) is 6.04 Å². The maximum absolute atomic E-state index is 12.4. The third-order valence-electron chi connectivity index (χ3n) is 3.52. The number of carboxylic acids is 3. The molecule has 164 valence electrons. The van der Waals surface area contributed by atoms with E-state index in [0.717, 1.165) is 0 Å². The second-order valence-corrected chi connectivity index (χ2v) is 6.25. The van der Waals surface area contributed by atoms with E-state index in [1.54, 1.807) is 0 Å².